The van der Waals surface area contributed by atoms with Crippen LogP contribution in [0, 0.1) is 11.3 Å². The zero-order valence-electron chi connectivity index (χ0n) is 6.34. The van der Waals surface area contributed by atoms with E-state index in [4.69, 9.17) is 11.0 Å². The zero-order valence-corrected chi connectivity index (χ0v) is 6.34. The zero-order chi connectivity index (χ0) is 10.0. The van der Waals surface area contributed by atoms with Crippen LogP contribution in [0.15, 0.2) is 10.9 Å². The van der Waals surface area contributed by atoms with Crippen LogP contribution in [0.2, 0.25) is 0 Å². The van der Waals surface area contributed by atoms with Crippen LogP contribution in [0.3, 0.4) is 0 Å². The van der Waals surface area contributed by atoms with Crippen molar-refractivity contribution in [3.05, 3.63) is 27.7 Å². The molecule has 6 heteroatoms. The highest BCUT2D eigenvalue weighted by molar-refractivity contribution is 5.50. The molecule has 1 aromatic heterocycles. The van der Waals surface area contributed by atoms with E-state index >= 15 is 0 Å². The van der Waals surface area contributed by atoms with Crippen molar-refractivity contribution < 1.29 is 8.78 Å². The van der Waals surface area contributed by atoms with Gasteiger partial charge in [-0.1, -0.05) is 0 Å². The summed E-state index contributed by atoms with van der Waals surface area (Å²) in [6, 6.07) is 2.38. The number of nitriles is 1. The van der Waals surface area contributed by atoms with E-state index < -0.39 is 17.5 Å². The first-order valence-electron chi connectivity index (χ1n) is 3.27. The minimum atomic E-state index is -2.89. The smallest absolute Gasteiger partial charge is 0.269 e. The largest absolute Gasteiger partial charge is 0.396 e. The molecule has 0 amide bonds. The van der Waals surface area contributed by atoms with E-state index in [1.807, 2.05) is 4.98 Å². The molecule has 0 saturated carbocycles. The Labute approximate surface area is 71.6 Å². The Morgan fingerprint density at radius 3 is 2.69 bits per heavy atom. The van der Waals surface area contributed by atoms with Crippen LogP contribution < -0.4 is 11.3 Å². The lowest BCUT2D eigenvalue weighted by atomic mass is 10.2. The third kappa shape index (κ3) is 1.64. The second-order valence-corrected chi connectivity index (χ2v) is 2.30. The van der Waals surface area contributed by atoms with E-state index in [1.54, 1.807) is 6.07 Å². The average molecular weight is 185 g/mol. The minimum absolute atomic E-state index is 0.155. The molecule has 0 saturated heterocycles. The van der Waals surface area contributed by atoms with Crippen LogP contribution in [0.25, 0.3) is 0 Å². The summed E-state index contributed by atoms with van der Waals surface area (Å²) < 4.78 is 24.2. The number of alkyl halides is 2. The van der Waals surface area contributed by atoms with Gasteiger partial charge < -0.3 is 10.7 Å². The predicted molar refractivity (Wildman–Crippen MR) is 41.1 cm³/mol. The maximum absolute atomic E-state index is 12.1. The number of nitrogens with two attached hydrogens (primary N) is 1. The van der Waals surface area contributed by atoms with Gasteiger partial charge in [0, 0.05) is 0 Å². The SMILES string of the molecule is N#Cc1[nH]c(=O)c(C(F)F)cc1N. The molecule has 0 aliphatic carbocycles. The van der Waals surface area contributed by atoms with Gasteiger partial charge in [-0.15, -0.1) is 0 Å². The van der Waals surface area contributed by atoms with Gasteiger partial charge in [0.25, 0.3) is 12.0 Å². The lowest BCUT2D eigenvalue weighted by Gasteiger charge is -2.00. The number of hydrogen-bond donors (Lipinski definition) is 2. The van der Waals surface area contributed by atoms with Gasteiger partial charge >= 0.3 is 0 Å². The van der Waals surface area contributed by atoms with Crippen molar-refractivity contribution in [2.24, 2.45) is 0 Å². The monoisotopic (exact) mass is 185 g/mol. The van der Waals surface area contributed by atoms with Crippen molar-refractivity contribution in [3.63, 3.8) is 0 Å². The molecule has 1 aromatic rings. The molecule has 0 unspecified atom stereocenters. The van der Waals surface area contributed by atoms with Crippen LogP contribution in [-0.2, 0) is 0 Å². The van der Waals surface area contributed by atoms with Gasteiger partial charge in [-0.2, -0.15) is 5.26 Å². The highest BCUT2D eigenvalue weighted by atomic mass is 19.3. The van der Waals surface area contributed by atoms with Crippen molar-refractivity contribution in [2.75, 3.05) is 5.73 Å². The summed E-state index contributed by atoms with van der Waals surface area (Å²) in [4.78, 5) is 12.8. The Balaban J connectivity index is 3.40. The third-order valence-electron chi connectivity index (χ3n) is 1.45. The van der Waals surface area contributed by atoms with Gasteiger partial charge in [0.1, 0.15) is 11.8 Å². The molecule has 1 rings (SSSR count). The first kappa shape index (κ1) is 9.19. The molecule has 68 valence electrons. The van der Waals surface area contributed by atoms with E-state index in [0.717, 1.165) is 6.07 Å². The van der Waals surface area contributed by atoms with Crippen LogP contribution in [-0.4, -0.2) is 4.98 Å². The summed E-state index contributed by atoms with van der Waals surface area (Å²) in [6.07, 6.45) is -2.89. The van der Waals surface area contributed by atoms with Crippen LogP contribution in [0.1, 0.15) is 17.7 Å². The molecular formula is C7H5F2N3O. The molecule has 13 heavy (non-hydrogen) atoms. The number of H-pyrrole nitrogens is 1. The normalized spacial score (nSPS) is 10.0. The fourth-order valence-corrected chi connectivity index (χ4v) is 0.818. The van der Waals surface area contributed by atoms with Crippen molar-refractivity contribution in [1.29, 1.82) is 5.26 Å². The number of hydrogen-bond acceptors (Lipinski definition) is 3. The summed E-state index contributed by atoms with van der Waals surface area (Å²) in [6.45, 7) is 0. The topological polar surface area (TPSA) is 82.7 Å². The molecular weight excluding hydrogens is 180 g/mol. The minimum Gasteiger partial charge on any atom is -0.396 e. The molecule has 0 fully saturated rings. The maximum Gasteiger partial charge on any atom is 0.269 e. The first-order valence-corrected chi connectivity index (χ1v) is 3.27. The lowest BCUT2D eigenvalue weighted by molar-refractivity contribution is 0.149. The average Bonchev–Trinajstić information content (AvgIpc) is 2.07. The Morgan fingerprint density at radius 2 is 2.23 bits per heavy atom. The summed E-state index contributed by atoms with van der Waals surface area (Å²) >= 11 is 0. The van der Waals surface area contributed by atoms with Gasteiger partial charge in [0.2, 0.25) is 0 Å². The van der Waals surface area contributed by atoms with Gasteiger partial charge in [-0.3, -0.25) is 4.79 Å². The molecule has 4 nitrogen and oxygen atoms in total. The second kappa shape index (κ2) is 3.23. The van der Waals surface area contributed by atoms with E-state index in [0.29, 0.717) is 0 Å². The van der Waals surface area contributed by atoms with Gasteiger partial charge in [-0.25, -0.2) is 8.78 Å². The Morgan fingerprint density at radius 1 is 1.62 bits per heavy atom. The maximum atomic E-state index is 12.1. The number of aromatic nitrogens is 1. The van der Waals surface area contributed by atoms with E-state index in [-0.39, 0.29) is 11.4 Å². The van der Waals surface area contributed by atoms with E-state index in [2.05, 4.69) is 0 Å². The van der Waals surface area contributed by atoms with Gasteiger partial charge in [0.15, 0.2) is 0 Å². The Hall–Kier alpha value is -1.90. The van der Waals surface area contributed by atoms with Crippen LogP contribution in [0.4, 0.5) is 14.5 Å². The van der Waals surface area contributed by atoms with Crippen molar-refractivity contribution in [1.82, 2.24) is 4.98 Å². The van der Waals surface area contributed by atoms with Crippen molar-refractivity contribution >= 4 is 5.69 Å². The number of nitrogens with zero attached hydrogens (tertiary/aromatic N) is 1. The Kier molecular flexibility index (Phi) is 2.28. The third-order valence-corrected chi connectivity index (χ3v) is 1.45. The summed E-state index contributed by atoms with van der Waals surface area (Å²) in [7, 11) is 0. The summed E-state index contributed by atoms with van der Waals surface area (Å²) in [5, 5.41) is 8.38. The first-order chi connectivity index (χ1) is 6.06. The fraction of sp³-hybridized carbons (Fsp3) is 0.143. The molecule has 0 spiro atoms. The van der Waals surface area contributed by atoms with Crippen molar-refractivity contribution in [3.8, 4) is 6.07 Å². The highest BCUT2D eigenvalue weighted by Gasteiger charge is 2.14. The molecule has 0 bridgehead atoms. The fourth-order valence-electron chi connectivity index (χ4n) is 0.818. The standard InChI is InChI=1S/C7H5F2N3O/c8-6(9)3-1-4(11)5(2-10)12-7(3)13/h1,6H,11H2,(H,12,13). The molecule has 0 aromatic carbocycles. The second-order valence-electron chi connectivity index (χ2n) is 2.30. The molecule has 1 heterocycles. The molecule has 0 aliphatic heterocycles. The van der Waals surface area contributed by atoms with Gasteiger partial charge in [-0.05, 0) is 6.07 Å². The molecule has 0 aliphatic rings. The highest BCUT2D eigenvalue weighted by Crippen LogP contribution is 2.17. The van der Waals surface area contributed by atoms with Crippen LogP contribution in [0.5, 0.6) is 0 Å². The quantitative estimate of drug-likeness (QED) is 0.677. The summed E-state index contributed by atoms with van der Waals surface area (Å²) in [5.74, 6) is 0. The molecule has 0 radical (unpaired) electrons. The number of nitrogens with one attached hydrogen (secondary N) is 1. The lowest BCUT2D eigenvalue weighted by Crippen LogP contribution is -2.15. The predicted octanol–water partition coefficient (Wildman–Crippen LogP) is 0.766. The van der Waals surface area contributed by atoms with Crippen molar-refractivity contribution in [2.45, 2.75) is 6.43 Å². The number of aromatic amines is 1. The summed E-state index contributed by atoms with van der Waals surface area (Å²) in [5.41, 5.74) is 3.15. The van der Waals surface area contributed by atoms with Gasteiger partial charge in [0.05, 0.1) is 11.3 Å². The van der Waals surface area contributed by atoms with E-state index in [9.17, 15) is 13.6 Å². The number of nitrogen functional groups attached to an aromatic ring is 1. The number of rotatable bonds is 1. The van der Waals surface area contributed by atoms with Crippen LogP contribution >= 0.6 is 0 Å². The number of anilines is 1. The number of halogens is 2. The number of pyridine rings is 1. The van der Waals surface area contributed by atoms with E-state index in [1.165, 1.54) is 0 Å². The molecule has 3 N–H and O–H groups in total. The molecule has 0 atom stereocenters. The Bertz CT molecular complexity index is 419.